The number of nitrogens with one attached hydrogen (secondary N) is 2. The van der Waals surface area contributed by atoms with Crippen LogP contribution in [0.4, 0.5) is 18.9 Å². The Kier molecular flexibility index (Phi) is 7.10. The molecule has 0 spiro atoms. The third kappa shape index (κ3) is 5.23. The number of rotatable bonds is 6. The van der Waals surface area contributed by atoms with Crippen molar-refractivity contribution in [2.75, 3.05) is 18.2 Å². The number of hydrogen-bond acceptors (Lipinski definition) is 5. The van der Waals surface area contributed by atoms with Gasteiger partial charge in [0.15, 0.2) is 0 Å². The van der Waals surface area contributed by atoms with Gasteiger partial charge in [0.1, 0.15) is 5.75 Å². The van der Waals surface area contributed by atoms with Crippen LogP contribution in [0.3, 0.4) is 0 Å². The number of hydrogen-bond donors (Lipinski definition) is 2. The zero-order valence-corrected chi connectivity index (χ0v) is 17.6. The van der Waals surface area contributed by atoms with E-state index in [0.29, 0.717) is 11.3 Å². The molecule has 3 rings (SSSR count). The second kappa shape index (κ2) is 9.78. The van der Waals surface area contributed by atoms with E-state index in [1.165, 1.54) is 19.2 Å². The molecule has 2 amide bonds. The number of anilines is 1. The molecule has 1 aliphatic heterocycles. The molecule has 32 heavy (non-hydrogen) atoms. The fourth-order valence-corrected chi connectivity index (χ4v) is 4.19. The Morgan fingerprint density at radius 1 is 1.25 bits per heavy atom. The lowest BCUT2D eigenvalue weighted by atomic mass is 9.86. The molecule has 1 heterocycles. The molecule has 0 bridgehead atoms. The fraction of sp³-hybridized carbons (Fsp3) is 0.227. The van der Waals surface area contributed by atoms with E-state index >= 15 is 0 Å². The van der Waals surface area contributed by atoms with Gasteiger partial charge in [0.05, 0.1) is 40.8 Å². The molecule has 1 aliphatic rings. The van der Waals surface area contributed by atoms with Gasteiger partial charge in [0.2, 0.25) is 11.8 Å². The van der Waals surface area contributed by atoms with Crippen molar-refractivity contribution >= 4 is 29.3 Å². The molecule has 0 aliphatic carbocycles. The van der Waals surface area contributed by atoms with Gasteiger partial charge in [-0.2, -0.15) is 18.4 Å². The molecule has 166 valence electrons. The van der Waals surface area contributed by atoms with Crippen LogP contribution in [0.2, 0.25) is 0 Å². The summed E-state index contributed by atoms with van der Waals surface area (Å²) in [6.07, 6.45) is -4.59. The van der Waals surface area contributed by atoms with E-state index < -0.39 is 23.6 Å². The van der Waals surface area contributed by atoms with E-state index in [-0.39, 0.29) is 34.4 Å². The first-order valence-electron chi connectivity index (χ1n) is 9.40. The van der Waals surface area contributed by atoms with Crippen LogP contribution in [0.15, 0.2) is 59.1 Å². The monoisotopic (exact) mass is 461 g/mol. The number of methoxy groups -OCH3 is 1. The van der Waals surface area contributed by atoms with Gasteiger partial charge in [-0.05, 0) is 18.2 Å². The summed E-state index contributed by atoms with van der Waals surface area (Å²) in [5.74, 6) is -1.39. The smallest absolute Gasteiger partial charge is 0.418 e. The van der Waals surface area contributed by atoms with Crippen LogP contribution in [0.1, 0.15) is 23.5 Å². The van der Waals surface area contributed by atoms with Gasteiger partial charge in [-0.3, -0.25) is 9.59 Å². The largest absolute Gasteiger partial charge is 0.496 e. The molecule has 0 saturated carbocycles. The minimum atomic E-state index is -4.62. The van der Waals surface area contributed by atoms with Gasteiger partial charge in [0, 0.05) is 17.9 Å². The van der Waals surface area contributed by atoms with Gasteiger partial charge in [-0.15, -0.1) is 0 Å². The van der Waals surface area contributed by atoms with Gasteiger partial charge in [0.25, 0.3) is 0 Å². The molecule has 6 nitrogen and oxygen atoms in total. The Morgan fingerprint density at radius 2 is 1.94 bits per heavy atom. The van der Waals surface area contributed by atoms with Crippen molar-refractivity contribution in [2.24, 2.45) is 0 Å². The lowest BCUT2D eigenvalue weighted by molar-refractivity contribution is -0.137. The number of nitriles is 1. The molecule has 0 fully saturated rings. The number of nitrogens with zero attached hydrogens (tertiary/aromatic N) is 1. The van der Waals surface area contributed by atoms with E-state index in [1.54, 1.807) is 24.3 Å². The molecular weight excluding hydrogens is 443 g/mol. The first kappa shape index (κ1) is 23.2. The van der Waals surface area contributed by atoms with Crippen LogP contribution >= 0.6 is 11.8 Å². The van der Waals surface area contributed by atoms with Crippen LogP contribution in [-0.2, 0) is 15.8 Å². The Hall–Kier alpha value is -3.45. The predicted octanol–water partition coefficient (Wildman–Crippen LogP) is 4.42. The summed E-state index contributed by atoms with van der Waals surface area (Å²) >= 11 is 0.877. The van der Waals surface area contributed by atoms with Crippen molar-refractivity contribution in [1.29, 1.82) is 5.26 Å². The van der Waals surface area contributed by atoms with Crippen LogP contribution in [0, 0.1) is 11.3 Å². The van der Waals surface area contributed by atoms with E-state index in [9.17, 15) is 28.0 Å². The van der Waals surface area contributed by atoms with Gasteiger partial charge >= 0.3 is 6.18 Å². The average Bonchev–Trinajstić information content (AvgIpc) is 2.76. The maximum absolute atomic E-state index is 13.1. The number of alkyl halides is 3. The number of carbonyl (C=O) groups is 2. The SMILES string of the molecule is COc1ccccc1[C@H]1CC(=O)NC(SCC(=O)Nc2ccccc2C(F)(F)F)=C1C#N. The van der Waals surface area contributed by atoms with Crippen molar-refractivity contribution < 1.29 is 27.5 Å². The molecule has 2 aromatic carbocycles. The predicted molar refractivity (Wildman–Crippen MR) is 114 cm³/mol. The highest BCUT2D eigenvalue weighted by Crippen LogP contribution is 2.40. The number of ether oxygens (including phenoxy) is 1. The zero-order valence-electron chi connectivity index (χ0n) is 16.8. The molecule has 1 atom stereocenters. The minimum Gasteiger partial charge on any atom is -0.496 e. The zero-order chi connectivity index (χ0) is 23.3. The first-order valence-corrected chi connectivity index (χ1v) is 10.4. The van der Waals surface area contributed by atoms with Crippen LogP contribution < -0.4 is 15.4 Å². The number of carbonyl (C=O) groups excluding carboxylic acids is 2. The second-order valence-corrected chi connectivity index (χ2v) is 7.77. The topological polar surface area (TPSA) is 91.2 Å². The van der Waals surface area contributed by atoms with Gasteiger partial charge < -0.3 is 15.4 Å². The Labute approximate surface area is 186 Å². The van der Waals surface area contributed by atoms with E-state index in [0.717, 1.165) is 23.9 Å². The number of thioether (sulfide) groups is 1. The van der Waals surface area contributed by atoms with Crippen molar-refractivity contribution in [3.8, 4) is 11.8 Å². The fourth-order valence-electron chi connectivity index (χ4n) is 3.32. The van der Waals surface area contributed by atoms with E-state index in [2.05, 4.69) is 16.7 Å². The highest BCUT2D eigenvalue weighted by Gasteiger charge is 2.34. The first-order chi connectivity index (χ1) is 15.2. The summed E-state index contributed by atoms with van der Waals surface area (Å²) in [5.41, 5.74) is -0.414. The lowest BCUT2D eigenvalue weighted by Crippen LogP contribution is -2.31. The molecule has 0 unspecified atom stereocenters. The number of halogens is 3. The summed E-state index contributed by atoms with van der Waals surface area (Å²) in [6, 6.07) is 13.7. The lowest BCUT2D eigenvalue weighted by Gasteiger charge is -2.26. The summed E-state index contributed by atoms with van der Waals surface area (Å²) in [5, 5.41) is 14.8. The summed E-state index contributed by atoms with van der Waals surface area (Å²) in [7, 11) is 1.48. The van der Waals surface area contributed by atoms with Crippen molar-refractivity contribution in [2.45, 2.75) is 18.5 Å². The maximum Gasteiger partial charge on any atom is 0.418 e. The molecule has 2 N–H and O–H groups in total. The number of allylic oxidation sites excluding steroid dienone is 1. The average molecular weight is 461 g/mol. The van der Waals surface area contributed by atoms with E-state index in [1.807, 2.05) is 0 Å². The third-order valence-corrected chi connectivity index (χ3v) is 5.74. The van der Waals surface area contributed by atoms with Crippen molar-refractivity contribution in [3.05, 3.63) is 70.3 Å². The standard InChI is InChI=1S/C22H18F3N3O3S/c1-31-18-9-5-2-6-13(18)14-10-19(29)28-21(15(14)11-26)32-12-20(30)27-17-8-4-3-7-16(17)22(23,24)25/h2-9,14H,10,12H2,1H3,(H,27,30)(H,28,29)/t14-/m1/s1. The number of para-hydroxylation sites is 2. The molecule has 0 radical (unpaired) electrons. The maximum atomic E-state index is 13.1. The Bertz CT molecular complexity index is 1110. The normalized spacial score (nSPS) is 16.2. The quantitative estimate of drug-likeness (QED) is 0.665. The molecule has 2 aromatic rings. The van der Waals surface area contributed by atoms with Crippen LogP contribution in [0.25, 0.3) is 0 Å². The van der Waals surface area contributed by atoms with Crippen LogP contribution in [0.5, 0.6) is 5.75 Å². The minimum absolute atomic E-state index is 0.0263. The number of benzene rings is 2. The third-order valence-electron chi connectivity index (χ3n) is 4.72. The highest BCUT2D eigenvalue weighted by molar-refractivity contribution is 8.03. The van der Waals surface area contributed by atoms with Crippen molar-refractivity contribution in [3.63, 3.8) is 0 Å². The van der Waals surface area contributed by atoms with Crippen molar-refractivity contribution in [1.82, 2.24) is 5.32 Å². The highest BCUT2D eigenvalue weighted by atomic mass is 32.2. The summed E-state index contributed by atoms with van der Waals surface area (Å²) < 4.78 is 44.7. The molecule has 0 saturated heterocycles. The second-order valence-electron chi connectivity index (χ2n) is 6.78. The van der Waals surface area contributed by atoms with E-state index in [4.69, 9.17) is 4.74 Å². The van der Waals surface area contributed by atoms with Crippen LogP contribution in [-0.4, -0.2) is 24.7 Å². The van der Waals surface area contributed by atoms with Gasteiger partial charge in [-0.1, -0.05) is 42.1 Å². The molecule has 10 heteroatoms. The molecular formula is C22H18F3N3O3S. The Morgan fingerprint density at radius 3 is 2.62 bits per heavy atom. The number of amides is 2. The summed E-state index contributed by atoms with van der Waals surface area (Å²) in [6.45, 7) is 0. The Balaban J connectivity index is 1.80. The summed E-state index contributed by atoms with van der Waals surface area (Å²) in [4.78, 5) is 24.6. The molecule has 0 aromatic heterocycles. The van der Waals surface area contributed by atoms with Gasteiger partial charge in [-0.25, -0.2) is 0 Å².